The first-order chi connectivity index (χ1) is 12.6. The van der Waals surface area contributed by atoms with Crippen LogP contribution in [0.25, 0.3) is 0 Å². The minimum atomic E-state index is -0.126. The molecule has 2 bridgehead atoms. The van der Waals surface area contributed by atoms with Crippen molar-refractivity contribution in [3.8, 4) is 0 Å². The lowest BCUT2D eigenvalue weighted by molar-refractivity contribution is -0.140. The molecule has 0 aromatic carbocycles. The van der Waals surface area contributed by atoms with Gasteiger partial charge in [-0.15, -0.1) is 35.3 Å². The van der Waals surface area contributed by atoms with Crippen molar-refractivity contribution in [2.75, 3.05) is 20.1 Å². The smallest absolute Gasteiger partial charge is 0.233 e. The zero-order valence-electron chi connectivity index (χ0n) is 14.9. The Kier molecular flexibility index (Phi) is 6.47. The lowest BCUT2D eigenvalue weighted by atomic mass is 9.85. The molecule has 1 aliphatic heterocycles. The second kappa shape index (κ2) is 8.48. The SMILES string of the molecule is CN=C(NCCN1C(=O)C2C3C=CC(C3)C2C1=O)NCc1ccc(Cl)s1.I. The predicted molar refractivity (Wildman–Crippen MR) is 117 cm³/mol. The maximum absolute atomic E-state index is 12.6. The van der Waals surface area contributed by atoms with E-state index in [1.54, 1.807) is 7.05 Å². The van der Waals surface area contributed by atoms with Crippen LogP contribution in [-0.2, 0) is 16.1 Å². The van der Waals surface area contributed by atoms with Crippen molar-refractivity contribution >= 4 is 64.7 Å². The third-order valence-electron chi connectivity index (χ3n) is 5.47. The molecular weight excluding hydrogens is 499 g/mol. The van der Waals surface area contributed by atoms with Gasteiger partial charge in [0.25, 0.3) is 0 Å². The van der Waals surface area contributed by atoms with Gasteiger partial charge < -0.3 is 10.6 Å². The van der Waals surface area contributed by atoms with E-state index in [-0.39, 0.29) is 59.5 Å². The van der Waals surface area contributed by atoms with Crippen LogP contribution in [0.3, 0.4) is 0 Å². The maximum atomic E-state index is 12.6. The van der Waals surface area contributed by atoms with Gasteiger partial charge in [-0.25, -0.2) is 0 Å². The Morgan fingerprint density at radius 1 is 1.22 bits per heavy atom. The molecule has 2 heterocycles. The highest BCUT2D eigenvalue weighted by molar-refractivity contribution is 14.0. The van der Waals surface area contributed by atoms with Crippen LogP contribution >= 0.6 is 46.9 Å². The molecule has 2 amide bonds. The van der Waals surface area contributed by atoms with Crippen LogP contribution in [0, 0.1) is 23.7 Å². The number of allylic oxidation sites excluding steroid dienone is 2. The lowest BCUT2D eigenvalue weighted by Crippen LogP contribution is -2.43. The number of guanidine groups is 1. The highest BCUT2D eigenvalue weighted by atomic mass is 127. The van der Waals surface area contributed by atoms with Crippen LogP contribution in [0.1, 0.15) is 11.3 Å². The summed E-state index contributed by atoms with van der Waals surface area (Å²) in [6.07, 6.45) is 5.19. The van der Waals surface area contributed by atoms with Gasteiger partial charge >= 0.3 is 0 Å². The molecule has 4 rings (SSSR count). The molecule has 0 spiro atoms. The van der Waals surface area contributed by atoms with Crippen LogP contribution in [0.5, 0.6) is 0 Å². The zero-order chi connectivity index (χ0) is 18.3. The fraction of sp³-hybridized carbons (Fsp3) is 0.500. The largest absolute Gasteiger partial charge is 0.355 e. The average molecular weight is 521 g/mol. The summed E-state index contributed by atoms with van der Waals surface area (Å²) in [4.78, 5) is 32.0. The van der Waals surface area contributed by atoms with Gasteiger partial charge in [0.2, 0.25) is 11.8 Å². The minimum absolute atomic E-state index is 0. The summed E-state index contributed by atoms with van der Waals surface area (Å²) in [5.74, 6) is 0.884. The first-order valence-corrected chi connectivity index (χ1v) is 10.00. The van der Waals surface area contributed by atoms with Crippen molar-refractivity contribution in [1.82, 2.24) is 15.5 Å². The Morgan fingerprint density at radius 2 is 1.89 bits per heavy atom. The third kappa shape index (κ3) is 3.88. The number of carbonyl (C=O) groups is 2. The molecule has 146 valence electrons. The minimum Gasteiger partial charge on any atom is -0.355 e. The fourth-order valence-electron chi connectivity index (χ4n) is 4.31. The number of thiophene rings is 1. The van der Waals surface area contributed by atoms with Crippen LogP contribution in [-0.4, -0.2) is 42.8 Å². The Labute approximate surface area is 184 Å². The van der Waals surface area contributed by atoms with Crippen molar-refractivity contribution < 1.29 is 9.59 Å². The first kappa shape index (κ1) is 20.6. The van der Waals surface area contributed by atoms with E-state index in [1.165, 1.54) is 16.2 Å². The molecule has 2 aliphatic carbocycles. The number of nitrogens with zero attached hydrogens (tertiary/aromatic N) is 2. The number of nitrogens with one attached hydrogen (secondary N) is 2. The standard InChI is InChI=1S/C18H21ClN4O2S.HI/c1-20-18(22-9-12-4-5-13(19)26-12)21-6-7-23-16(24)14-10-2-3-11(8-10)15(14)17(23)25;/h2-5,10-11,14-15H,6-9H2,1H3,(H2,20,21,22);1H. The monoisotopic (exact) mass is 520 g/mol. The van der Waals surface area contributed by atoms with Gasteiger partial charge in [-0.3, -0.25) is 19.5 Å². The second-order valence-electron chi connectivity index (χ2n) is 6.89. The summed E-state index contributed by atoms with van der Waals surface area (Å²) in [7, 11) is 1.69. The number of aliphatic imine (C=N–C) groups is 1. The van der Waals surface area contributed by atoms with Gasteiger partial charge in [-0.1, -0.05) is 23.8 Å². The van der Waals surface area contributed by atoms with Gasteiger partial charge in [0.1, 0.15) is 0 Å². The Hall–Kier alpha value is -1.13. The topological polar surface area (TPSA) is 73.8 Å². The molecule has 6 nitrogen and oxygen atoms in total. The average Bonchev–Trinajstić information content (AvgIpc) is 3.38. The number of imide groups is 1. The molecule has 0 radical (unpaired) electrons. The molecule has 1 saturated heterocycles. The Balaban J connectivity index is 0.00000210. The zero-order valence-corrected chi connectivity index (χ0v) is 18.8. The molecule has 9 heteroatoms. The number of halogens is 2. The maximum Gasteiger partial charge on any atom is 0.233 e. The quantitative estimate of drug-likeness (QED) is 0.206. The van der Waals surface area contributed by atoms with Crippen molar-refractivity contribution in [3.63, 3.8) is 0 Å². The molecule has 2 fully saturated rings. The highest BCUT2D eigenvalue weighted by Crippen LogP contribution is 2.52. The van der Waals surface area contributed by atoms with Gasteiger partial charge in [0.05, 0.1) is 22.7 Å². The Morgan fingerprint density at radius 3 is 2.44 bits per heavy atom. The molecule has 1 aromatic heterocycles. The Bertz CT molecular complexity index is 766. The molecule has 1 aromatic rings. The molecule has 4 atom stereocenters. The molecule has 4 unspecified atom stereocenters. The predicted octanol–water partition coefficient (Wildman–Crippen LogP) is 2.49. The van der Waals surface area contributed by atoms with Crippen molar-refractivity contribution in [1.29, 1.82) is 0 Å². The molecule has 1 saturated carbocycles. The van der Waals surface area contributed by atoms with Crippen LogP contribution in [0.4, 0.5) is 0 Å². The number of amides is 2. The van der Waals surface area contributed by atoms with Gasteiger partial charge in [0.15, 0.2) is 5.96 Å². The van der Waals surface area contributed by atoms with Crippen molar-refractivity contribution in [2.24, 2.45) is 28.7 Å². The number of likely N-dealkylation sites (tertiary alicyclic amines) is 1. The summed E-state index contributed by atoms with van der Waals surface area (Å²) in [6, 6.07) is 3.83. The summed E-state index contributed by atoms with van der Waals surface area (Å²) in [5.41, 5.74) is 0. The number of hydrogen-bond donors (Lipinski definition) is 2. The number of carbonyl (C=O) groups excluding carboxylic acids is 2. The third-order valence-corrected chi connectivity index (χ3v) is 6.70. The van der Waals surface area contributed by atoms with Gasteiger partial charge in [-0.05, 0) is 30.4 Å². The molecule has 27 heavy (non-hydrogen) atoms. The lowest BCUT2D eigenvalue weighted by Gasteiger charge is -2.18. The second-order valence-corrected chi connectivity index (χ2v) is 8.69. The van der Waals surface area contributed by atoms with E-state index < -0.39 is 0 Å². The summed E-state index contributed by atoms with van der Waals surface area (Å²) in [6.45, 7) is 1.47. The molecular formula is C18H22ClIN4O2S. The van der Waals surface area contributed by atoms with Crippen LogP contribution in [0.15, 0.2) is 29.3 Å². The number of hydrogen-bond acceptors (Lipinski definition) is 4. The first-order valence-electron chi connectivity index (χ1n) is 8.80. The molecule has 2 N–H and O–H groups in total. The van der Waals surface area contributed by atoms with Crippen LogP contribution < -0.4 is 10.6 Å². The van der Waals surface area contributed by atoms with E-state index in [1.807, 2.05) is 12.1 Å². The summed E-state index contributed by atoms with van der Waals surface area (Å²) >= 11 is 7.45. The molecule has 3 aliphatic rings. The van der Waals surface area contributed by atoms with E-state index in [4.69, 9.17) is 11.6 Å². The fourth-order valence-corrected chi connectivity index (χ4v) is 5.34. The van der Waals surface area contributed by atoms with E-state index in [2.05, 4.69) is 27.8 Å². The number of rotatable bonds is 5. The van der Waals surface area contributed by atoms with Gasteiger partial charge in [0, 0.05) is 25.0 Å². The van der Waals surface area contributed by atoms with E-state index in [9.17, 15) is 9.59 Å². The van der Waals surface area contributed by atoms with Gasteiger partial charge in [-0.2, -0.15) is 0 Å². The summed E-state index contributed by atoms with van der Waals surface area (Å²) in [5, 5.41) is 6.37. The van der Waals surface area contributed by atoms with Crippen LogP contribution in [0.2, 0.25) is 4.34 Å². The summed E-state index contributed by atoms with van der Waals surface area (Å²) < 4.78 is 0.754. The number of fused-ring (bicyclic) bond motifs is 5. The van der Waals surface area contributed by atoms with Crippen molar-refractivity contribution in [2.45, 2.75) is 13.0 Å². The highest BCUT2D eigenvalue weighted by Gasteiger charge is 2.58. The van der Waals surface area contributed by atoms with Crippen molar-refractivity contribution in [3.05, 3.63) is 33.5 Å². The normalized spacial score (nSPS) is 28.5. The van der Waals surface area contributed by atoms with E-state index in [0.717, 1.165) is 15.6 Å². The van der Waals surface area contributed by atoms with E-state index in [0.29, 0.717) is 25.6 Å². The van der Waals surface area contributed by atoms with E-state index >= 15 is 0 Å².